The van der Waals surface area contributed by atoms with Crippen molar-refractivity contribution in [2.45, 2.75) is 9.79 Å². The first kappa shape index (κ1) is 18.8. The van der Waals surface area contributed by atoms with Crippen LogP contribution in [-0.4, -0.2) is 32.8 Å². The number of nitrogens with zero attached hydrogens (tertiary/aromatic N) is 2. The van der Waals surface area contributed by atoms with Crippen molar-refractivity contribution in [2.75, 3.05) is 23.7 Å². The lowest BCUT2D eigenvalue weighted by Gasteiger charge is -2.30. The fourth-order valence-electron chi connectivity index (χ4n) is 3.08. The van der Waals surface area contributed by atoms with Gasteiger partial charge in [-0.2, -0.15) is 0 Å². The van der Waals surface area contributed by atoms with Crippen LogP contribution in [0, 0.1) is 5.82 Å². The Labute approximate surface area is 167 Å². The van der Waals surface area contributed by atoms with E-state index in [2.05, 4.69) is 4.98 Å². The summed E-state index contributed by atoms with van der Waals surface area (Å²) in [7, 11) is -2.21. The maximum atomic E-state index is 13.3. The van der Waals surface area contributed by atoms with Crippen molar-refractivity contribution in [3.05, 3.63) is 66.7 Å². The third kappa shape index (κ3) is 3.33. The standard InChI is InChI=1S/C20H17FN2O3S2/c1-26-16-6-8-17(9-7-16)28(24,25)23-10-11-27-20-18(12-22-13-19(20)23)14-2-4-15(21)5-3-14/h2-9,12-13H,10-11H2,1H3. The lowest BCUT2D eigenvalue weighted by atomic mass is 10.1. The van der Waals surface area contributed by atoms with Crippen LogP contribution in [0.3, 0.4) is 0 Å². The Morgan fingerprint density at radius 2 is 1.79 bits per heavy atom. The molecule has 0 radical (unpaired) electrons. The fraction of sp³-hybridized carbons (Fsp3) is 0.150. The van der Waals surface area contributed by atoms with Crippen molar-refractivity contribution in [1.82, 2.24) is 4.98 Å². The van der Waals surface area contributed by atoms with Crippen molar-refractivity contribution in [1.29, 1.82) is 0 Å². The molecule has 0 saturated heterocycles. The second-order valence-corrected chi connectivity index (χ2v) is 9.11. The maximum Gasteiger partial charge on any atom is 0.264 e. The van der Waals surface area contributed by atoms with Crippen LogP contribution in [0.2, 0.25) is 0 Å². The van der Waals surface area contributed by atoms with Crippen molar-refractivity contribution < 1.29 is 17.5 Å². The van der Waals surface area contributed by atoms with E-state index in [0.717, 1.165) is 16.0 Å². The molecule has 0 bridgehead atoms. The Morgan fingerprint density at radius 1 is 1.07 bits per heavy atom. The molecule has 0 unspecified atom stereocenters. The summed E-state index contributed by atoms with van der Waals surface area (Å²) in [5, 5.41) is 0. The van der Waals surface area contributed by atoms with E-state index in [-0.39, 0.29) is 10.7 Å². The molecule has 8 heteroatoms. The summed E-state index contributed by atoms with van der Waals surface area (Å²) in [5.41, 5.74) is 2.12. The molecule has 3 aromatic rings. The van der Waals surface area contributed by atoms with Gasteiger partial charge in [-0.05, 0) is 42.0 Å². The molecule has 0 aliphatic carbocycles. The molecule has 144 valence electrons. The zero-order valence-electron chi connectivity index (χ0n) is 15.0. The molecule has 0 spiro atoms. The predicted octanol–water partition coefficient (Wildman–Crippen LogP) is 4.20. The minimum atomic E-state index is -3.74. The first-order valence-corrected chi connectivity index (χ1v) is 11.0. The summed E-state index contributed by atoms with van der Waals surface area (Å²) >= 11 is 1.58. The first-order chi connectivity index (χ1) is 13.5. The summed E-state index contributed by atoms with van der Waals surface area (Å²) < 4.78 is 46.3. The van der Waals surface area contributed by atoms with Crippen molar-refractivity contribution in [3.63, 3.8) is 0 Å². The number of aromatic nitrogens is 1. The van der Waals surface area contributed by atoms with Gasteiger partial charge in [-0.3, -0.25) is 9.29 Å². The van der Waals surface area contributed by atoms with Crippen LogP contribution in [0.4, 0.5) is 10.1 Å². The number of methoxy groups -OCH3 is 1. The SMILES string of the molecule is COc1ccc(S(=O)(=O)N2CCSc3c(-c4ccc(F)cc4)cncc32)cc1. The molecule has 0 amide bonds. The number of ether oxygens (including phenoxy) is 1. The van der Waals surface area contributed by atoms with Gasteiger partial charge in [0.2, 0.25) is 0 Å². The summed E-state index contributed by atoms with van der Waals surface area (Å²) in [6.07, 6.45) is 3.25. The van der Waals surface area contributed by atoms with E-state index in [1.807, 2.05) is 0 Å². The molecule has 1 aliphatic rings. The zero-order valence-corrected chi connectivity index (χ0v) is 16.6. The zero-order chi connectivity index (χ0) is 19.7. The molecule has 0 fully saturated rings. The lowest BCUT2D eigenvalue weighted by molar-refractivity contribution is 0.414. The Balaban J connectivity index is 1.78. The highest BCUT2D eigenvalue weighted by atomic mass is 32.2. The number of rotatable bonds is 4. The quantitative estimate of drug-likeness (QED) is 0.638. The fourth-order valence-corrected chi connectivity index (χ4v) is 5.83. The van der Waals surface area contributed by atoms with Crippen LogP contribution in [0.25, 0.3) is 11.1 Å². The molecule has 2 heterocycles. The molecule has 1 aromatic heterocycles. The second kappa shape index (κ2) is 7.44. The Kier molecular flexibility index (Phi) is 4.99. The third-order valence-electron chi connectivity index (χ3n) is 4.49. The van der Waals surface area contributed by atoms with Gasteiger partial charge in [-0.1, -0.05) is 12.1 Å². The van der Waals surface area contributed by atoms with Gasteiger partial charge in [0.15, 0.2) is 0 Å². The number of thioether (sulfide) groups is 1. The van der Waals surface area contributed by atoms with Gasteiger partial charge in [0.25, 0.3) is 10.0 Å². The number of hydrogen-bond acceptors (Lipinski definition) is 5. The summed E-state index contributed by atoms with van der Waals surface area (Å²) in [6.45, 7) is 0.348. The van der Waals surface area contributed by atoms with Crippen LogP contribution in [0.5, 0.6) is 5.75 Å². The van der Waals surface area contributed by atoms with E-state index in [4.69, 9.17) is 4.74 Å². The third-order valence-corrected chi connectivity index (χ3v) is 7.42. The van der Waals surface area contributed by atoms with Gasteiger partial charge in [0.1, 0.15) is 11.6 Å². The molecule has 28 heavy (non-hydrogen) atoms. The summed E-state index contributed by atoms with van der Waals surface area (Å²) in [6, 6.07) is 12.4. The van der Waals surface area contributed by atoms with Gasteiger partial charge in [-0.15, -0.1) is 11.8 Å². The maximum absolute atomic E-state index is 13.3. The second-order valence-electron chi connectivity index (χ2n) is 6.14. The number of hydrogen-bond donors (Lipinski definition) is 0. The number of halogens is 1. The molecule has 0 saturated carbocycles. The number of benzene rings is 2. The van der Waals surface area contributed by atoms with Crippen LogP contribution in [0.1, 0.15) is 0 Å². The van der Waals surface area contributed by atoms with Gasteiger partial charge >= 0.3 is 0 Å². The van der Waals surface area contributed by atoms with Gasteiger partial charge < -0.3 is 4.74 Å². The van der Waals surface area contributed by atoms with Crippen LogP contribution in [0.15, 0.2) is 70.7 Å². The topological polar surface area (TPSA) is 59.5 Å². The highest BCUT2D eigenvalue weighted by Gasteiger charge is 2.31. The molecule has 4 rings (SSSR count). The first-order valence-electron chi connectivity index (χ1n) is 8.54. The number of sulfonamides is 1. The largest absolute Gasteiger partial charge is 0.497 e. The number of anilines is 1. The molecular weight excluding hydrogens is 399 g/mol. The Bertz CT molecular complexity index is 1100. The smallest absolute Gasteiger partial charge is 0.264 e. The van der Waals surface area contributed by atoms with E-state index in [1.54, 1.807) is 48.4 Å². The summed E-state index contributed by atoms with van der Waals surface area (Å²) in [4.78, 5) is 5.27. The van der Waals surface area contributed by atoms with Crippen LogP contribution >= 0.6 is 11.8 Å². The predicted molar refractivity (Wildman–Crippen MR) is 108 cm³/mol. The van der Waals surface area contributed by atoms with Crippen molar-refractivity contribution >= 4 is 27.5 Å². The molecule has 0 N–H and O–H groups in total. The summed E-state index contributed by atoms with van der Waals surface area (Å²) in [5.74, 6) is 0.882. The lowest BCUT2D eigenvalue weighted by Crippen LogP contribution is -2.35. The highest BCUT2D eigenvalue weighted by molar-refractivity contribution is 8.00. The molecule has 1 aliphatic heterocycles. The van der Waals surface area contributed by atoms with Crippen molar-refractivity contribution in [3.8, 4) is 16.9 Å². The van der Waals surface area contributed by atoms with Gasteiger partial charge in [0, 0.05) is 29.0 Å². The van der Waals surface area contributed by atoms with E-state index in [9.17, 15) is 12.8 Å². The normalized spacial score (nSPS) is 13.9. The van der Waals surface area contributed by atoms with Gasteiger partial charge in [-0.25, -0.2) is 12.8 Å². The van der Waals surface area contributed by atoms with Crippen LogP contribution in [-0.2, 0) is 10.0 Å². The van der Waals surface area contributed by atoms with E-state index in [0.29, 0.717) is 23.7 Å². The average molecular weight is 416 g/mol. The highest BCUT2D eigenvalue weighted by Crippen LogP contribution is 2.43. The molecular formula is C20H17FN2O3S2. The van der Waals surface area contributed by atoms with Crippen LogP contribution < -0.4 is 9.04 Å². The average Bonchev–Trinajstić information content (AvgIpc) is 2.73. The van der Waals surface area contributed by atoms with Gasteiger partial charge in [0.05, 0.1) is 23.9 Å². The molecule has 5 nitrogen and oxygen atoms in total. The minimum Gasteiger partial charge on any atom is -0.497 e. The Hall–Kier alpha value is -2.58. The van der Waals surface area contributed by atoms with Crippen molar-refractivity contribution in [2.24, 2.45) is 0 Å². The molecule has 2 aromatic carbocycles. The monoisotopic (exact) mass is 416 g/mol. The minimum absolute atomic E-state index is 0.193. The Morgan fingerprint density at radius 3 is 2.46 bits per heavy atom. The van der Waals surface area contributed by atoms with E-state index in [1.165, 1.54) is 35.7 Å². The van der Waals surface area contributed by atoms with E-state index >= 15 is 0 Å². The van der Waals surface area contributed by atoms with E-state index < -0.39 is 10.0 Å². The number of pyridine rings is 1. The number of fused-ring (bicyclic) bond motifs is 1. The molecule has 0 atom stereocenters.